The van der Waals surface area contributed by atoms with E-state index in [4.69, 9.17) is 11.1 Å². The molecule has 0 amide bonds. The molecule has 0 heterocycles. The van der Waals surface area contributed by atoms with Crippen LogP contribution in [0.3, 0.4) is 0 Å². The summed E-state index contributed by atoms with van der Waals surface area (Å²) in [5, 5.41) is 0. The Hall–Kier alpha value is 0.177. The standard InChI is InChI=1S/C3H5F.ClH3Si/c1-2-3-4;1-2/h2H,1,3H2;2H3. The highest BCUT2D eigenvalue weighted by Crippen LogP contribution is 1.58. The lowest BCUT2D eigenvalue weighted by Crippen LogP contribution is -1.48. The van der Waals surface area contributed by atoms with Crippen molar-refractivity contribution in [2.24, 2.45) is 0 Å². The molecule has 0 unspecified atom stereocenters. The molecule has 0 aromatic carbocycles. The smallest absolute Gasteiger partial charge is 0.109 e. The van der Waals surface area contributed by atoms with Crippen molar-refractivity contribution in [1.29, 1.82) is 0 Å². The largest absolute Gasteiger partial charge is 0.247 e. The van der Waals surface area contributed by atoms with E-state index in [1.165, 1.54) is 6.08 Å². The lowest BCUT2D eigenvalue weighted by Gasteiger charge is -1.54. The zero-order valence-corrected chi connectivity index (χ0v) is 6.50. The highest BCUT2D eigenvalue weighted by atomic mass is 35.6. The van der Waals surface area contributed by atoms with Crippen LogP contribution in [0.25, 0.3) is 0 Å². The third-order valence-corrected chi connectivity index (χ3v) is 0.109. The number of hydrogen-bond donors (Lipinski definition) is 0. The molecule has 38 valence electrons. The maximum Gasteiger partial charge on any atom is 0.109 e. The summed E-state index contributed by atoms with van der Waals surface area (Å²) in [5.41, 5.74) is 0. The second-order valence-corrected chi connectivity index (χ2v) is 0.443. The molecule has 0 aromatic heterocycles. The summed E-state index contributed by atoms with van der Waals surface area (Å²) in [5.74, 6) is 0. The molecule has 0 radical (unpaired) electrons. The summed E-state index contributed by atoms with van der Waals surface area (Å²) in [6.07, 6.45) is 1.21. The van der Waals surface area contributed by atoms with Gasteiger partial charge in [0.1, 0.15) is 16.2 Å². The third-order valence-electron chi connectivity index (χ3n) is 0.109. The number of allylic oxidation sites excluding steroid dienone is 1. The second kappa shape index (κ2) is 19.1. The van der Waals surface area contributed by atoms with Gasteiger partial charge >= 0.3 is 0 Å². The van der Waals surface area contributed by atoms with Crippen molar-refractivity contribution < 1.29 is 4.39 Å². The van der Waals surface area contributed by atoms with Gasteiger partial charge < -0.3 is 0 Å². The van der Waals surface area contributed by atoms with Crippen LogP contribution in [0.2, 0.25) is 0 Å². The van der Waals surface area contributed by atoms with Gasteiger partial charge in [-0.05, 0) is 0 Å². The summed E-state index contributed by atoms with van der Waals surface area (Å²) < 4.78 is 10.6. The molecule has 0 aromatic rings. The first-order valence-electron chi connectivity index (χ1n) is 1.46. The lowest BCUT2D eigenvalue weighted by molar-refractivity contribution is 0.562. The van der Waals surface area contributed by atoms with Gasteiger partial charge in [0.05, 0.1) is 0 Å². The fraction of sp³-hybridized carbons (Fsp3) is 0.333. The quantitative estimate of drug-likeness (QED) is 0.275. The van der Waals surface area contributed by atoms with Gasteiger partial charge in [-0.1, -0.05) is 6.08 Å². The first-order chi connectivity index (χ1) is 2.91. The zero-order chi connectivity index (χ0) is 5.41. The van der Waals surface area contributed by atoms with Crippen LogP contribution in [0, 0.1) is 0 Å². The Labute approximate surface area is 45.1 Å². The minimum absolute atomic E-state index is 0.417. The Morgan fingerprint density at radius 3 is 2.00 bits per heavy atom. The van der Waals surface area contributed by atoms with Crippen molar-refractivity contribution >= 4 is 20.6 Å². The number of hydrogen-bond acceptors (Lipinski definition) is 0. The molecular weight excluding hydrogens is 119 g/mol. The van der Waals surface area contributed by atoms with Gasteiger partial charge in [0.15, 0.2) is 0 Å². The van der Waals surface area contributed by atoms with Crippen LogP contribution in [0.4, 0.5) is 4.39 Å². The summed E-state index contributed by atoms with van der Waals surface area (Å²) in [7, 11) is 0.778. The van der Waals surface area contributed by atoms with E-state index in [1.807, 2.05) is 0 Å². The molecule has 0 saturated heterocycles. The molecule has 0 saturated carbocycles. The van der Waals surface area contributed by atoms with Gasteiger partial charge in [0, 0.05) is 0 Å². The Morgan fingerprint density at radius 2 is 2.00 bits per heavy atom. The molecule has 0 spiro atoms. The number of halogens is 2. The predicted molar refractivity (Wildman–Crippen MR) is 32.0 cm³/mol. The van der Waals surface area contributed by atoms with Crippen molar-refractivity contribution in [2.75, 3.05) is 6.67 Å². The van der Waals surface area contributed by atoms with Crippen LogP contribution in [0.1, 0.15) is 0 Å². The average Bonchev–Trinajstić information content (AvgIpc) is 1.72. The number of alkyl halides is 1. The highest BCUT2D eigenvalue weighted by Gasteiger charge is 1.49. The van der Waals surface area contributed by atoms with E-state index in [0.29, 0.717) is 0 Å². The van der Waals surface area contributed by atoms with E-state index in [-0.39, 0.29) is 0 Å². The molecule has 0 atom stereocenters. The van der Waals surface area contributed by atoms with Gasteiger partial charge in [-0.25, -0.2) is 4.39 Å². The van der Waals surface area contributed by atoms with Gasteiger partial charge in [-0.15, -0.1) is 6.58 Å². The van der Waals surface area contributed by atoms with Crippen LogP contribution in [-0.4, -0.2) is 16.2 Å². The van der Waals surface area contributed by atoms with Gasteiger partial charge in [-0.3, -0.25) is 0 Å². The SMILES string of the molecule is C=CCF.[SiH3]Cl. The monoisotopic (exact) mass is 126 g/mol. The Bertz CT molecular complexity index is 24.8. The molecule has 0 rings (SSSR count). The van der Waals surface area contributed by atoms with Crippen LogP contribution in [0.15, 0.2) is 12.7 Å². The van der Waals surface area contributed by atoms with Crippen molar-refractivity contribution in [3.63, 3.8) is 0 Å². The first kappa shape index (κ1) is 9.49. The Kier molecular flexibility index (Phi) is 30.1. The van der Waals surface area contributed by atoms with E-state index in [1.54, 1.807) is 0 Å². The highest BCUT2D eigenvalue weighted by molar-refractivity contribution is 6.80. The van der Waals surface area contributed by atoms with Crippen LogP contribution >= 0.6 is 11.1 Å². The summed E-state index contributed by atoms with van der Waals surface area (Å²) >= 11 is 4.78. The molecule has 0 nitrogen and oxygen atoms in total. The minimum atomic E-state index is -0.417. The summed E-state index contributed by atoms with van der Waals surface area (Å²) in [4.78, 5) is 0. The van der Waals surface area contributed by atoms with Crippen molar-refractivity contribution in [3.05, 3.63) is 12.7 Å². The first-order valence-corrected chi connectivity index (χ1v) is 4.49. The molecule has 0 aliphatic heterocycles. The van der Waals surface area contributed by atoms with Crippen molar-refractivity contribution in [1.82, 2.24) is 0 Å². The van der Waals surface area contributed by atoms with E-state index >= 15 is 0 Å². The molecule has 0 aliphatic carbocycles. The summed E-state index contributed by atoms with van der Waals surface area (Å²) in [6.45, 7) is 2.69. The fourth-order valence-corrected chi connectivity index (χ4v) is 0. The van der Waals surface area contributed by atoms with E-state index in [9.17, 15) is 4.39 Å². The van der Waals surface area contributed by atoms with E-state index in [0.717, 1.165) is 9.55 Å². The van der Waals surface area contributed by atoms with Crippen molar-refractivity contribution in [2.45, 2.75) is 0 Å². The van der Waals surface area contributed by atoms with E-state index in [2.05, 4.69) is 6.58 Å². The molecule has 0 aliphatic rings. The lowest BCUT2D eigenvalue weighted by atomic mass is 10.7. The normalized spacial score (nSPS) is 5.67. The average molecular weight is 127 g/mol. The molecule has 0 N–H and O–H groups in total. The predicted octanol–water partition coefficient (Wildman–Crippen LogP) is 0.647. The Morgan fingerprint density at radius 1 is 1.83 bits per heavy atom. The van der Waals surface area contributed by atoms with Gasteiger partial charge in [0.25, 0.3) is 0 Å². The van der Waals surface area contributed by atoms with E-state index < -0.39 is 6.67 Å². The van der Waals surface area contributed by atoms with Crippen LogP contribution in [-0.2, 0) is 0 Å². The summed E-state index contributed by atoms with van der Waals surface area (Å²) in [6, 6.07) is 0. The molecule has 0 fully saturated rings. The maximum absolute atomic E-state index is 10.6. The maximum atomic E-state index is 10.6. The zero-order valence-electron chi connectivity index (χ0n) is 3.75. The third kappa shape index (κ3) is 30.4. The molecular formula is C3H8ClFSi. The molecule has 3 heteroatoms. The fourth-order valence-electron chi connectivity index (χ4n) is 0. The molecule has 0 bridgehead atoms. The van der Waals surface area contributed by atoms with Gasteiger partial charge in [-0.2, -0.15) is 11.1 Å². The van der Waals surface area contributed by atoms with Crippen LogP contribution in [0.5, 0.6) is 0 Å². The second-order valence-electron chi connectivity index (χ2n) is 0.443. The van der Waals surface area contributed by atoms with Gasteiger partial charge in [0.2, 0.25) is 0 Å². The Balaban J connectivity index is 0. The topological polar surface area (TPSA) is 0 Å². The molecule has 6 heavy (non-hydrogen) atoms. The minimum Gasteiger partial charge on any atom is -0.247 e. The van der Waals surface area contributed by atoms with Crippen LogP contribution < -0.4 is 0 Å². The van der Waals surface area contributed by atoms with Crippen molar-refractivity contribution in [3.8, 4) is 0 Å². The number of rotatable bonds is 1.